The molecule has 0 bridgehead atoms. The van der Waals surface area contributed by atoms with Crippen LogP contribution >= 0.6 is 23.8 Å². The van der Waals surface area contributed by atoms with Crippen LogP contribution in [0.15, 0.2) is 36.4 Å². The smallest absolute Gasteiger partial charge is 0.171 e. The second-order valence-corrected chi connectivity index (χ2v) is 6.46. The Morgan fingerprint density at radius 3 is 2.23 bits per heavy atom. The van der Waals surface area contributed by atoms with Gasteiger partial charge in [-0.2, -0.15) is 0 Å². The molecule has 0 aromatic heterocycles. The van der Waals surface area contributed by atoms with Crippen molar-refractivity contribution < 1.29 is 0 Å². The van der Waals surface area contributed by atoms with Crippen LogP contribution in [0.5, 0.6) is 0 Å². The van der Waals surface area contributed by atoms with E-state index in [0.29, 0.717) is 10.1 Å². The van der Waals surface area contributed by atoms with Crippen LogP contribution in [0.3, 0.4) is 0 Å². The minimum Gasteiger partial charge on any atom is -0.356 e. The van der Waals surface area contributed by atoms with Crippen LogP contribution in [0, 0.1) is 20.8 Å². The van der Waals surface area contributed by atoms with Crippen LogP contribution in [0.1, 0.15) is 35.2 Å². The zero-order valence-corrected chi connectivity index (χ0v) is 14.9. The molecule has 0 amide bonds. The Balaban J connectivity index is 2.05. The lowest BCUT2D eigenvalue weighted by atomic mass is 9.97. The second-order valence-electron chi connectivity index (χ2n) is 5.62. The highest BCUT2D eigenvalue weighted by atomic mass is 35.5. The van der Waals surface area contributed by atoms with Gasteiger partial charge in [-0.05, 0) is 86.4 Å². The maximum atomic E-state index is 5.88. The molecule has 0 fully saturated rings. The van der Waals surface area contributed by atoms with Crippen molar-refractivity contribution in [3.63, 3.8) is 0 Å². The molecule has 4 heteroatoms. The zero-order valence-electron chi connectivity index (χ0n) is 13.3. The van der Waals surface area contributed by atoms with Crippen molar-refractivity contribution in [1.29, 1.82) is 0 Å². The summed E-state index contributed by atoms with van der Waals surface area (Å²) < 4.78 is 0. The Labute approximate surface area is 142 Å². The molecule has 2 N–H and O–H groups in total. The second kappa shape index (κ2) is 7.12. The predicted octanol–water partition coefficient (Wildman–Crippen LogP) is 5.31. The maximum Gasteiger partial charge on any atom is 0.171 e. The largest absolute Gasteiger partial charge is 0.356 e. The summed E-state index contributed by atoms with van der Waals surface area (Å²) in [5.74, 6) is 0. The van der Waals surface area contributed by atoms with Crippen LogP contribution in [0.25, 0.3) is 0 Å². The Kier molecular flexibility index (Phi) is 5.43. The summed E-state index contributed by atoms with van der Waals surface area (Å²) in [6.45, 7) is 8.52. The molecule has 2 aromatic carbocycles. The molecule has 116 valence electrons. The van der Waals surface area contributed by atoms with Gasteiger partial charge in [-0.3, -0.25) is 0 Å². The number of halogens is 1. The number of thiocarbonyl (C=S) groups is 1. The van der Waals surface area contributed by atoms with Crippen molar-refractivity contribution in [2.75, 3.05) is 5.32 Å². The molecule has 0 saturated heterocycles. The van der Waals surface area contributed by atoms with Crippen LogP contribution < -0.4 is 10.6 Å². The van der Waals surface area contributed by atoms with Gasteiger partial charge in [0.25, 0.3) is 0 Å². The molecule has 1 atom stereocenters. The fraction of sp³-hybridized carbons (Fsp3) is 0.278. The monoisotopic (exact) mass is 332 g/mol. The number of hydrogen-bond donors (Lipinski definition) is 2. The maximum absolute atomic E-state index is 5.88. The summed E-state index contributed by atoms with van der Waals surface area (Å²) in [5, 5.41) is 7.83. The molecule has 2 aromatic rings. The summed E-state index contributed by atoms with van der Waals surface area (Å²) in [4.78, 5) is 0. The van der Waals surface area contributed by atoms with Gasteiger partial charge in [0, 0.05) is 10.7 Å². The number of rotatable bonds is 3. The van der Waals surface area contributed by atoms with E-state index in [-0.39, 0.29) is 6.04 Å². The van der Waals surface area contributed by atoms with Gasteiger partial charge in [0.15, 0.2) is 5.11 Å². The molecule has 0 unspecified atom stereocenters. The summed E-state index contributed by atoms with van der Waals surface area (Å²) >= 11 is 11.3. The SMILES string of the molecule is Cc1cc(C)c([C@H](C)NC(=S)Nc2ccc(Cl)cc2)cc1C. The molecule has 2 rings (SSSR count). The lowest BCUT2D eigenvalue weighted by Crippen LogP contribution is -2.31. The van der Waals surface area contributed by atoms with Gasteiger partial charge < -0.3 is 10.6 Å². The van der Waals surface area contributed by atoms with E-state index in [0.717, 1.165) is 5.69 Å². The predicted molar refractivity (Wildman–Crippen MR) is 99.9 cm³/mol. The van der Waals surface area contributed by atoms with E-state index in [1.807, 2.05) is 24.3 Å². The Morgan fingerprint density at radius 2 is 1.59 bits per heavy atom. The van der Waals surface area contributed by atoms with Gasteiger partial charge in [-0.25, -0.2) is 0 Å². The van der Waals surface area contributed by atoms with Crippen LogP contribution in [-0.4, -0.2) is 5.11 Å². The Hall–Kier alpha value is -1.58. The van der Waals surface area contributed by atoms with Crippen molar-refractivity contribution in [1.82, 2.24) is 5.32 Å². The number of anilines is 1. The first-order valence-corrected chi connectivity index (χ1v) is 8.06. The topological polar surface area (TPSA) is 24.1 Å². The average molecular weight is 333 g/mol. The number of benzene rings is 2. The summed E-state index contributed by atoms with van der Waals surface area (Å²) in [6.07, 6.45) is 0. The molecular weight excluding hydrogens is 312 g/mol. The highest BCUT2D eigenvalue weighted by Crippen LogP contribution is 2.22. The van der Waals surface area contributed by atoms with Crippen molar-refractivity contribution in [3.8, 4) is 0 Å². The Morgan fingerprint density at radius 1 is 1.00 bits per heavy atom. The molecule has 0 aliphatic heterocycles. The van der Waals surface area contributed by atoms with Crippen molar-refractivity contribution in [2.24, 2.45) is 0 Å². The molecule has 0 aliphatic carbocycles. The molecule has 22 heavy (non-hydrogen) atoms. The first kappa shape index (κ1) is 16.8. The molecule has 0 saturated carbocycles. The van der Waals surface area contributed by atoms with Crippen molar-refractivity contribution in [3.05, 3.63) is 63.7 Å². The normalized spacial score (nSPS) is 11.9. The first-order chi connectivity index (χ1) is 10.4. The third-order valence-electron chi connectivity index (χ3n) is 3.80. The number of aryl methyl sites for hydroxylation is 3. The van der Waals surface area contributed by atoms with Gasteiger partial charge in [-0.1, -0.05) is 23.7 Å². The van der Waals surface area contributed by atoms with E-state index in [4.69, 9.17) is 23.8 Å². The highest BCUT2D eigenvalue weighted by molar-refractivity contribution is 7.80. The standard InChI is InChI=1S/C18H21ClN2S/c1-11-9-13(3)17(10-12(11)2)14(4)20-18(22)21-16-7-5-15(19)6-8-16/h5-10,14H,1-4H3,(H2,20,21,22)/t14-/m0/s1. The minimum atomic E-state index is 0.145. The van der Waals surface area contributed by atoms with E-state index in [2.05, 4.69) is 50.5 Å². The molecule has 0 radical (unpaired) electrons. The van der Waals surface area contributed by atoms with Crippen LogP contribution in [-0.2, 0) is 0 Å². The fourth-order valence-electron chi connectivity index (χ4n) is 2.42. The van der Waals surface area contributed by atoms with Crippen LogP contribution in [0.4, 0.5) is 5.69 Å². The van der Waals surface area contributed by atoms with Gasteiger partial charge >= 0.3 is 0 Å². The number of nitrogens with one attached hydrogen (secondary N) is 2. The molecule has 2 nitrogen and oxygen atoms in total. The van der Waals surface area contributed by atoms with E-state index >= 15 is 0 Å². The first-order valence-electron chi connectivity index (χ1n) is 7.27. The highest BCUT2D eigenvalue weighted by Gasteiger charge is 2.11. The third-order valence-corrected chi connectivity index (χ3v) is 4.27. The summed E-state index contributed by atoms with van der Waals surface area (Å²) in [7, 11) is 0. The third kappa shape index (κ3) is 4.21. The van der Waals surface area contributed by atoms with E-state index in [9.17, 15) is 0 Å². The summed E-state index contributed by atoms with van der Waals surface area (Å²) in [5.41, 5.74) is 6.08. The molecular formula is C18H21ClN2S. The van der Waals surface area contributed by atoms with Gasteiger partial charge in [-0.15, -0.1) is 0 Å². The fourth-order valence-corrected chi connectivity index (χ4v) is 2.84. The van der Waals surface area contributed by atoms with E-state index < -0.39 is 0 Å². The van der Waals surface area contributed by atoms with Crippen molar-refractivity contribution in [2.45, 2.75) is 33.7 Å². The van der Waals surface area contributed by atoms with Gasteiger partial charge in [0.2, 0.25) is 0 Å². The lowest BCUT2D eigenvalue weighted by Gasteiger charge is -2.20. The van der Waals surface area contributed by atoms with Gasteiger partial charge in [0.1, 0.15) is 0 Å². The number of hydrogen-bond acceptors (Lipinski definition) is 1. The van der Waals surface area contributed by atoms with Crippen molar-refractivity contribution >= 4 is 34.6 Å². The minimum absolute atomic E-state index is 0.145. The zero-order chi connectivity index (χ0) is 16.3. The molecule has 0 heterocycles. The molecule has 0 spiro atoms. The lowest BCUT2D eigenvalue weighted by molar-refractivity contribution is 0.716. The quantitative estimate of drug-likeness (QED) is 0.744. The van der Waals surface area contributed by atoms with Crippen LogP contribution in [0.2, 0.25) is 5.02 Å². The average Bonchev–Trinajstić information content (AvgIpc) is 2.45. The molecule has 0 aliphatic rings. The van der Waals surface area contributed by atoms with Gasteiger partial charge in [0.05, 0.1) is 6.04 Å². The Bertz CT molecular complexity index is 680. The van der Waals surface area contributed by atoms with E-state index in [1.165, 1.54) is 22.3 Å². The summed E-state index contributed by atoms with van der Waals surface area (Å²) in [6, 6.07) is 12.1. The van der Waals surface area contributed by atoms with E-state index in [1.54, 1.807) is 0 Å².